The monoisotopic (exact) mass is 290 g/mol. The van der Waals surface area contributed by atoms with Crippen molar-refractivity contribution in [2.24, 2.45) is 0 Å². The van der Waals surface area contributed by atoms with E-state index in [4.69, 9.17) is 9.47 Å². The van der Waals surface area contributed by atoms with Crippen molar-refractivity contribution in [3.8, 4) is 0 Å². The third-order valence-electron chi connectivity index (χ3n) is 3.39. The van der Waals surface area contributed by atoms with E-state index in [-0.39, 0.29) is 18.4 Å². The van der Waals surface area contributed by atoms with Gasteiger partial charge in [-0.15, -0.1) is 0 Å². The summed E-state index contributed by atoms with van der Waals surface area (Å²) in [5.41, 5.74) is 0.905. The van der Waals surface area contributed by atoms with Gasteiger partial charge in [0.05, 0.1) is 6.42 Å². The number of carbonyl (C=O) groups excluding carboxylic acids is 2. The molecule has 0 unspecified atom stereocenters. The summed E-state index contributed by atoms with van der Waals surface area (Å²) in [5, 5.41) is 0. The Bertz CT molecular complexity index is 529. The molecule has 4 nitrogen and oxygen atoms in total. The van der Waals surface area contributed by atoms with Gasteiger partial charge < -0.3 is 9.47 Å². The number of fused-ring (bicyclic) bond motifs is 1. The van der Waals surface area contributed by atoms with Crippen LogP contribution in [0.1, 0.15) is 45.2 Å². The fourth-order valence-electron chi connectivity index (χ4n) is 2.84. The number of carbonyl (C=O) groups is 2. The molecule has 114 valence electrons. The standard InChI is InChI=1S/C17H22O4/c1-12(18)20-17(11-15(19)21-16(2,3)4)9-13-7-5-6-8-14(13)10-17/h5-8H,9-11H2,1-4H3. The van der Waals surface area contributed by atoms with E-state index in [1.807, 2.05) is 45.0 Å². The Hall–Kier alpha value is -1.84. The zero-order valence-electron chi connectivity index (χ0n) is 13.1. The van der Waals surface area contributed by atoms with Crippen molar-refractivity contribution in [1.82, 2.24) is 0 Å². The number of hydrogen-bond acceptors (Lipinski definition) is 4. The Kier molecular flexibility index (Phi) is 4.08. The third-order valence-corrected chi connectivity index (χ3v) is 3.39. The van der Waals surface area contributed by atoms with E-state index < -0.39 is 11.2 Å². The summed E-state index contributed by atoms with van der Waals surface area (Å²) >= 11 is 0. The van der Waals surface area contributed by atoms with Crippen molar-refractivity contribution in [3.05, 3.63) is 35.4 Å². The molecule has 0 saturated heterocycles. The molecule has 0 radical (unpaired) electrons. The topological polar surface area (TPSA) is 52.6 Å². The van der Waals surface area contributed by atoms with Gasteiger partial charge in [0.1, 0.15) is 11.2 Å². The van der Waals surface area contributed by atoms with Crippen LogP contribution in [0.2, 0.25) is 0 Å². The normalized spacial score (nSPS) is 16.2. The van der Waals surface area contributed by atoms with Gasteiger partial charge in [0, 0.05) is 19.8 Å². The zero-order valence-corrected chi connectivity index (χ0v) is 13.1. The van der Waals surface area contributed by atoms with Crippen LogP contribution in [0.3, 0.4) is 0 Å². The van der Waals surface area contributed by atoms with E-state index in [2.05, 4.69) is 0 Å². The van der Waals surface area contributed by atoms with Crippen LogP contribution < -0.4 is 0 Å². The van der Waals surface area contributed by atoms with Crippen molar-refractivity contribution in [2.75, 3.05) is 0 Å². The third kappa shape index (κ3) is 4.06. The maximum Gasteiger partial charge on any atom is 0.310 e. The molecule has 0 fully saturated rings. The van der Waals surface area contributed by atoms with E-state index in [1.165, 1.54) is 6.92 Å². The lowest BCUT2D eigenvalue weighted by atomic mass is 9.95. The molecule has 0 aromatic heterocycles. The average Bonchev–Trinajstić information content (AvgIpc) is 2.61. The summed E-state index contributed by atoms with van der Waals surface area (Å²) in [7, 11) is 0. The highest BCUT2D eigenvalue weighted by Gasteiger charge is 2.43. The highest BCUT2D eigenvalue weighted by molar-refractivity contribution is 5.73. The first-order valence-electron chi connectivity index (χ1n) is 7.17. The molecule has 0 N–H and O–H groups in total. The minimum atomic E-state index is -0.808. The Morgan fingerprint density at radius 3 is 2.10 bits per heavy atom. The summed E-state index contributed by atoms with van der Waals surface area (Å²) in [6, 6.07) is 7.93. The van der Waals surface area contributed by atoms with Crippen molar-refractivity contribution in [1.29, 1.82) is 0 Å². The summed E-state index contributed by atoms with van der Waals surface area (Å²) < 4.78 is 10.9. The molecule has 1 aromatic rings. The molecule has 1 aromatic carbocycles. The van der Waals surface area contributed by atoms with Gasteiger partial charge in [-0.25, -0.2) is 0 Å². The van der Waals surface area contributed by atoms with Gasteiger partial charge in [-0.3, -0.25) is 9.59 Å². The molecule has 0 heterocycles. The van der Waals surface area contributed by atoms with Crippen LogP contribution in [-0.2, 0) is 31.9 Å². The highest BCUT2D eigenvalue weighted by atomic mass is 16.6. The van der Waals surface area contributed by atoms with Crippen LogP contribution >= 0.6 is 0 Å². The summed E-state index contributed by atoms with van der Waals surface area (Å²) in [4.78, 5) is 23.6. The second-order valence-corrected chi connectivity index (χ2v) is 6.66. The molecule has 4 heteroatoms. The summed E-state index contributed by atoms with van der Waals surface area (Å²) in [6.07, 6.45) is 1.20. The van der Waals surface area contributed by atoms with Gasteiger partial charge >= 0.3 is 11.9 Å². The van der Waals surface area contributed by atoms with E-state index in [1.54, 1.807) is 0 Å². The van der Waals surface area contributed by atoms with Crippen LogP contribution in [-0.4, -0.2) is 23.1 Å². The number of esters is 2. The van der Waals surface area contributed by atoms with Gasteiger partial charge in [0.2, 0.25) is 0 Å². The first-order chi connectivity index (χ1) is 9.69. The Morgan fingerprint density at radius 2 is 1.67 bits per heavy atom. The molecular weight excluding hydrogens is 268 g/mol. The molecule has 0 saturated carbocycles. The van der Waals surface area contributed by atoms with E-state index >= 15 is 0 Å². The van der Waals surface area contributed by atoms with Gasteiger partial charge in [-0.05, 0) is 31.9 Å². The molecule has 0 aliphatic heterocycles. The minimum absolute atomic E-state index is 0.0819. The second kappa shape index (κ2) is 5.51. The van der Waals surface area contributed by atoms with Crippen LogP contribution in [0, 0.1) is 0 Å². The average molecular weight is 290 g/mol. The first-order valence-corrected chi connectivity index (χ1v) is 7.17. The molecule has 0 atom stereocenters. The van der Waals surface area contributed by atoms with Crippen LogP contribution in [0.25, 0.3) is 0 Å². The van der Waals surface area contributed by atoms with Gasteiger partial charge in [-0.1, -0.05) is 24.3 Å². The zero-order chi connectivity index (χ0) is 15.7. The van der Waals surface area contributed by atoms with Crippen molar-refractivity contribution >= 4 is 11.9 Å². The summed E-state index contributed by atoms with van der Waals surface area (Å²) in [5.74, 6) is -0.706. The predicted molar refractivity (Wildman–Crippen MR) is 78.8 cm³/mol. The molecule has 0 spiro atoms. The van der Waals surface area contributed by atoms with E-state index in [9.17, 15) is 9.59 Å². The Labute approximate surface area is 125 Å². The fourth-order valence-corrected chi connectivity index (χ4v) is 2.84. The lowest BCUT2D eigenvalue weighted by Gasteiger charge is -2.29. The Balaban J connectivity index is 2.17. The highest BCUT2D eigenvalue weighted by Crippen LogP contribution is 2.36. The fraction of sp³-hybridized carbons (Fsp3) is 0.529. The van der Waals surface area contributed by atoms with Gasteiger partial charge in [-0.2, -0.15) is 0 Å². The quantitative estimate of drug-likeness (QED) is 0.803. The van der Waals surface area contributed by atoms with Crippen molar-refractivity contribution < 1.29 is 19.1 Å². The van der Waals surface area contributed by atoms with Gasteiger partial charge in [0.15, 0.2) is 0 Å². The molecule has 0 amide bonds. The number of ether oxygens (including phenoxy) is 2. The number of hydrogen-bond donors (Lipinski definition) is 0. The van der Waals surface area contributed by atoms with Crippen molar-refractivity contribution in [3.63, 3.8) is 0 Å². The van der Waals surface area contributed by atoms with E-state index in [0.717, 1.165) is 11.1 Å². The lowest BCUT2D eigenvalue weighted by Crippen LogP contribution is -2.39. The summed E-state index contributed by atoms with van der Waals surface area (Å²) in [6.45, 7) is 6.85. The second-order valence-electron chi connectivity index (χ2n) is 6.66. The molecular formula is C17H22O4. The largest absolute Gasteiger partial charge is 0.460 e. The lowest BCUT2D eigenvalue weighted by molar-refractivity contribution is -0.169. The van der Waals surface area contributed by atoms with Gasteiger partial charge in [0.25, 0.3) is 0 Å². The van der Waals surface area contributed by atoms with Crippen LogP contribution in [0.15, 0.2) is 24.3 Å². The molecule has 2 rings (SSSR count). The van der Waals surface area contributed by atoms with Crippen molar-refractivity contribution in [2.45, 2.75) is 58.2 Å². The molecule has 1 aliphatic carbocycles. The number of rotatable bonds is 3. The predicted octanol–water partition coefficient (Wildman–Crippen LogP) is 2.82. The molecule has 0 bridgehead atoms. The van der Waals surface area contributed by atoms with Crippen LogP contribution in [0.5, 0.6) is 0 Å². The molecule has 1 aliphatic rings. The smallest absolute Gasteiger partial charge is 0.310 e. The first kappa shape index (κ1) is 15.5. The minimum Gasteiger partial charge on any atom is -0.460 e. The van der Waals surface area contributed by atoms with Crippen LogP contribution in [0.4, 0.5) is 0 Å². The number of benzene rings is 1. The molecule has 21 heavy (non-hydrogen) atoms. The Morgan fingerprint density at radius 1 is 1.14 bits per heavy atom. The van der Waals surface area contributed by atoms with E-state index in [0.29, 0.717) is 12.8 Å². The maximum atomic E-state index is 12.1. The SMILES string of the molecule is CC(=O)OC1(CC(=O)OC(C)(C)C)Cc2ccccc2C1. The maximum absolute atomic E-state index is 12.1.